The maximum absolute atomic E-state index is 8.00. The summed E-state index contributed by atoms with van der Waals surface area (Å²) in [7, 11) is 2.21. The van der Waals surface area contributed by atoms with Crippen LogP contribution < -0.4 is 0 Å². The summed E-state index contributed by atoms with van der Waals surface area (Å²) in [5.74, 6) is 0. The molecular formula is C17H27BrN2O2. The summed E-state index contributed by atoms with van der Waals surface area (Å²) in [6.07, 6.45) is 2.92. The molecule has 3 rings (SSSR count). The molecule has 0 unspecified atom stereocenters. The predicted octanol–water partition coefficient (Wildman–Crippen LogP) is 2.78. The maximum atomic E-state index is 8.00. The third-order valence-corrected chi connectivity index (χ3v) is 4.57. The number of rotatable bonds is 1. The van der Waals surface area contributed by atoms with Crippen molar-refractivity contribution in [1.82, 2.24) is 9.80 Å². The molecule has 0 radical (unpaired) electrons. The van der Waals surface area contributed by atoms with Gasteiger partial charge in [-0.3, -0.25) is 4.90 Å². The van der Waals surface area contributed by atoms with E-state index in [0.29, 0.717) is 0 Å². The first-order chi connectivity index (χ1) is 10.7. The van der Waals surface area contributed by atoms with Crippen molar-refractivity contribution in [2.24, 2.45) is 0 Å². The fourth-order valence-corrected chi connectivity index (χ4v) is 2.46. The monoisotopic (exact) mass is 370 g/mol. The van der Waals surface area contributed by atoms with Crippen LogP contribution in [0.4, 0.5) is 0 Å². The zero-order chi connectivity index (χ0) is 17.0. The van der Waals surface area contributed by atoms with Crippen molar-refractivity contribution in [2.75, 3.05) is 33.2 Å². The summed E-state index contributed by atoms with van der Waals surface area (Å²) in [5.41, 5.74) is 1.28. The number of nitrogens with zero attached hydrogens (tertiary/aromatic N) is 2. The van der Waals surface area contributed by atoms with E-state index in [1.165, 1.54) is 49.1 Å². The summed E-state index contributed by atoms with van der Waals surface area (Å²) in [5, 5.41) is 0. The van der Waals surface area contributed by atoms with E-state index in [9.17, 15) is 0 Å². The average Bonchev–Trinajstić information content (AvgIpc) is 3.41. The largest absolute Gasteiger partial charge is 0.307 e. The number of likely N-dealkylation sites (N-methyl/N-ethyl adjacent to an activating group) is 1. The summed E-state index contributed by atoms with van der Waals surface area (Å²) >= 11 is 3.40. The van der Waals surface area contributed by atoms with Crippen molar-refractivity contribution in [1.29, 1.82) is 0 Å². The third kappa shape index (κ3) is 8.41. The van der Waals surface area contributed by atoms with Gasteiger partial charge in [0.05, 0.1) is 0 Å². The van der Waals surface area contributed by atoms with E-state index in [-0.39, 0.29) is 0 Å². The van der Waals surface area contributed by atoms with Gasteiger partial charge in [0.25, 0.3) is 0 Å². The van der Waals surface area contributed by atoms with Crippen LogP contribution in [0.15, 0.2) is 28.7 Å². The van der Waals surface area contributed by atoms with Crippen molar-refractivity contribution >= 4 is 29.5 Å². The minimum Gasteiger partial charge on any atom is -0.307 e. The minimum atomic E-state index is 0.980. The normalized spacial score (nSPS) is 17.8. The Morgan fingerprint density at radius 2 is 1.50 bits per heavy atom. The first-order valence-electron chi connectivity index (χ1n) is 7.38. The molecule has 0 amide bonds. The molecule has 2 fully saturated rings. The highest BCUT2D eigenvalue weighted by Gasteiger charge is 2.30. The molecule has 0 bridgehead atoms. The van der Waals surface area contributed by atoms with E-state index in [0.717, 1.165) is 6.04 Å². The molecule has 2 aliphatic rings. The lowest BCUT2D eigenvalue weighted by molar-refractivity contribution is -0.0987. The second kappa shape index (κ2) is 12.5. The molecule has 1 aliphatic carbocycles. The second-order valence-electron chi connectivity index (χ2n) is 5.32. The van der Waals surface area contributed by atoms with E-state index in [1.54, 1.807) is 0 Å². The van der Waals surface area contributed by atoms with E-state index in [4.69, 9.17) is 9.59 Å². The van der Waals surface area contributed by atoms with Crippen LogP contribution in [0, 0.1) is 6.92 Å². The Bertz CT molecular complexity index is 382. The fourth-order valence-electron chi connectivity index (χ4n) is 2.18. The lowest BCUT2D eigenvalue weighted by Crippen LogP contribution is -2.45. The van der Waals surface area contributed by atoms with Gasteiger partial charge in [0.1, 0.15) is 13.6 Å². The van der Waals surface area contributed by atoms with Crippen LogP contribution in [0.2, 0.25) is 0 Å². The van der Waals surface area contributed by atoms with Gasteiger partial charge in [-0.25, -0.2) is 0 Å². The summed E-state index contributed by atoms with van der Waals surface area (Å²) < 4.78 is 1.18. The SMILES string of the molecule is C=O.C=O.CN1CCN(C2CC2)CC1.Cc1ccccc1Br. The highest BCUT2D eigenvalue weighted by Crippen LogP contribution is 2.27. The van der Waals surface area contributed by atoms with Gasteiger partial charge < -0.3 is 14.5 Å². The molecule has 1 aromatic rings. The second-order valence-corrected chi connectivity index (χ2v) is 6.17. The van der Waals surface area contributed by atoms with Crippen LogP contribution in [0.5, 0.6) is 0 Å². The molecule has 0 N–H and O–H groups in total. The molecule has 1 aromatic carbocycles. The molecule has 5 heteroatoms. The molecule has 1 saturated heterocycles. The first-order valence-corrected chi connectivity index (χ1v) is 8.17. The molecule has 1 heterocycles. The van der Waals surface area contributed by atoms with Gasteiger partial charge in [-0.1, -0.05) is 34.1 Å². The first kappa shape index (κ1) is 21.0. The summed E-state index contributed by atoms with van der Waals surface area (Å²) in [6.45, 7) is 11.2. The highest BCUT2D eigenvalue weighted by atomic mass is 79.9. The van der Waals surface area contributed by atoms with Crippen molar-refractivity contribution in [3.8, 4) is 0 Å². The van der Waals surface area contributed by atoms with Gasteiger partial charge in [0, 0.05) is 36.7 Å². The number of hydrogen-bond acceptors (Lipinski definition) is 4. The van der Waals surface area contributed by atoms with Crippen LogP contribution in [0.25, 0.3) is 0 Å². The molecule has 1 saturated carbocycles. The lowest BCUT2D eigenvalue weighted by atomic mass is 10.2. The number of aryl methyl sites for hydroxylation is 1. The van der Waals surface area contributed by atoms with Crippen LogP contribution in [-0.2, 0) is 9.59 Å². The number of carbonyl (C=O) groups is 2. The quantitative estimate of drug-likeness (QED) is 0.761. The number of piperazine rings is 1. The zero-order valence-electron chi connectivity index (χ0n) is 13.6. The van der Waals surface area contributed by atoms with Gasteiger partial charge in [-0.15, -0.1) is 0 Å². The molecule has 0 spiro atoms. The van der Waals surface area contributed by atoms with Gasteiger partial charge in [0.15, 0.2) is 0 Å². The molecule has 0 aromatic heterocycles. The number of hydrogen-bond donors (Lipinski definition) is 0. The van der Waals surface area contributed by atoms with E-state index >= 15 is 0 Å². The number of carbonyl (C=O) groups excluding carboxylic acids is 2. The minimum absolute atomic E-state index is 0.980. The number of benzene rings is 1. The van der Waals surface area contributed by atoms with Crippen LogP contribution in [0.1, 0.15) is 18.4 Å². The molecule has 1 aliphatic heterocycles. The molecule has 124 valence electrons. The standard InChI is InChI=1S/C8H16N2.C7H7Br.2CH2O/c1-9-4-6-10(7-5-9)8-2-3-8;1-6-4-2-3-5-7(6)8;2*1-2/h8H,2-7H2,1H3;2-5H,1H3;2*1H2. The Morgan fingerprint density at radius 3 is 1.86 bits per heavy atom. The van der Waals surface area contributed by atoms with E-state index < -0.39 is 0 Å². The van der Waals surface area contributed by atoms with Crippen LogP contribution >= 0.6 is 15.9 Å². The predicted molar refractivity (Wildman–Crippen MR) is 95.2 cm³/mol. The summed E-state index contributed by atoms with van der Waals surface area (Å²) in [6, 6.07) is 9.13. The van der Waals surface area contributed by atoms with Crippen LogP contribution in [0.3, 0.4) is 0 Å². The van der Waals surface area contributed by atoms with Crippen molar-refractivity contribution in [3.05, 3.63) is 34.3 Å². The Hall–Kier alpha value is -1.04. The maximum Gasteiger partial charge on any atom is 0.106 e. The number of halogens is 1. The Morgan fingerprint density at radius 1 is 1.00 bits per heavy atom. The lowest BCUT2D eigenvalue weighted by Gasteiger charge is -2.32. The van der Waals surface area contributed by atoms with Gasteiger partial charge >= 0.3 is 0 Å². The Balaban J connectivity index is 0.000000333. The summed E-state index contributed by atoms with van der Waals surface area (Å²) in [4.78, 5) is 21.1. The fraction of sp³-hybridized carbons (Fsp3) is 0.529. The van der Waals surface area contributed by atoms with Gasteiger partial charge in [0.2, 0.25) is 0 Å². The molecule has 22 heavy (non-hydrogen) atoms. The van der Waals surface area contributed by atoms with Gasteiger partial charge in [-0.05, 0) is 38.4 Å². The van der Waals surface area contributed by atoms with Crippen molar-refractivity contribution in [3.63, 3.8) is 0 Å². The third-order valence-electron chi connectivity index (χ3n) is 3.68. The van der Waals surface area contributed by atoms with Crippen molar-refractivity contribution in [2.45, 2.75) is 25.8 Å². The molecular weight excluding hydrogens is 344 g/mol. The highest BCUT2D eigenvalue weighted by molar-refractivity contribution is 9.10. The topological polar surface area (TPSA) is 40.6 Å². The Kier molecular flexibility index (Phi) is 11.9. The molecule has 4 nitrogen and oxygen atoms in total. The molecule has 0 atom stereocenters. The van der Waals surface area contributed by atoms with Crippen molar-refractivity contribution < 1.29 is 9.59 Å². The van der Waals surface area contributed by atoms with E-state index in [1.807, 2.05) is 31.8 Å². The average molecular weight is 371 g/mol. The Labute approximate surface area is 142 Å². The van der Waals surface area contributed by atoms with E-state index in [2.05, 4.69) is 45.8 Å². The zero-order valence-corrected chi connectivity index (χ0v) is 15.2. The van der Waals surface area contributed by atoms with Gasteiger partial charge in [-0.2, -0.15) is 0 Å². The smallest absolute Gasteiger partial charge is 0.106 e. The van der Waals surface area contributed by atoms with Crippen LogP contribution in [-0.4, -0.2) is 62.6 Å².